The van der Waals surface area contributed by atoms with Gasteiger partial charge in [0.25, 0.3) is 0 Å². The summed E-state index contributed by atoms with van der Waals surface area (Å²) in [5.74, 6) is -0.722. The van der Waals surface area contributed by atoms with Crippen LogP contribution in [-0.2, 0) is 4.74 Å². The highest BCUT2D eigenvalue weighted by Crippen LogP contribution is 2.35. The van der Waals surface area contributed by atoms with E-state index in [0.717, 1.165) is 13.2 Å². The van der Waals surface area contributed by atoms with Gasteiger partial charge in [-0.15, -0.1) is 11.3 Å². The zero-order valence-corrected chi connectivity index (χ0v) is 8.35. The zero-order chi connectivity index (χ0) is 11.6. The SMILES string of the molecule is COC(=O)c1ccc([C@H](O)C(F)(F)F)s1. The van der Waals surface area contributed by atoms with E-state index in [1.165, 1.54) is 6.07 Å². The lowest BCUT2D eigenvalue weighted by Crippen LogP contribution is -2.18. The highest BCUT2D eigenvalue weighted by atomic mass is 32.1. The molecule has 1 rings (SSSR count). The minimum absolute atomic E-state index is 0.0239. The number of ether oxygens (including phenoxy) is 1. The van der Waals surface area contributed by atoms with Gasteiger partial charge in [0.1, 0.15) is 4.88 Å². The van der Waals surface area contributed by atoms with Crippen LogP contribution >= 0.6 is 11.3 Å². The minimum Gasteiger partial charge on any atom is -0.465 e. The Morgan fingerprint density at radius 2 is 2.13 bits per heavy atom. The Hall–Kier alpha value is -1.08. The van der Waals surface area contributed by atoms with E-state index in [1.54, 1.807) is 0 Å². The smallest absolute Gasteiger partial charge is 0.419 e. The fourth-order valence-corrected chi connectivity index (χ4v) is 1.81. The van der Waals surface area contributed by atoms with Crippen molar-refractivity contribution in [1.29, 1.82) is 0 Å². The minimum atomic E-state index is -4.72. The fraction of sp³-hybridized carbons (Fsp3) is 0.375. The summed E-state index contributed by atoms with van der Waals surface area (Å²) in [4.78, 5) is 10.6. The largest absolute Gasteiger partial charge is 0.465 e. The lowest BCUT2D eigenvalue weighted by atomic mass is 10.3. The van der Waals surface area contributed by atoms with Crippen LogP contribution in [0.25, 0.3) is 0 Å². The first-order chi connectivity index (χ1) is 6.86. The number of methoxy groups -OCH3 is 1. The number of halogens is 3. The normalized spacial score (nSPS) is 13.7. The summed E-state index contributed by atoms with van der Waals surface area (Å²) in [6.07, 6.45) is -7.28. The molecule has 0 saturated carbocycles. The summed E-state index contributed by atoms with van der Waals surface area (Å²) < 4.78 is 40.5. The molecule has 84 valence electrons. The summed E-state index contributed by atoms with van der Waals surface area (Å²) in [6.45, 7) is 0. The third kappa shape index (κ3) is 2.69. The highest BCUT2D eigenvalue weighted by Gasteiger charge is 2.40. The van der Waals surface area contributed by atoms with Gasteiger partial charge in [-0.25, -0.2) is 4.79 Å². The van der Waals surface area contributed by atoms with Crippen LogP contribution in [0.15, 0.2) is 12.1 Å². The topological polar surface area (TPSA) is 46.5 Å². The van der Waals surface area contributed by atoms with Gasteiger partial charge in [-0.05, 0) is 12.1 Å². The van der Waals surface area contributed by atoms with E-state index >= 15 is 0 Å². The summed E-state index contributed by atoms with van der Waals surface area (Å²) in [7, 11) is 1.13. The molecule has 0 aromatic carbocycles. The Kier molecular flexibility index (Phi) is 3.35. The van der Waals surface area contributed by atoms with Crippen molar-refractivity contribution in [3.63, 3.8) is 0 Å². The Morgan fingerprint density at radius 3 is 2.60 bits per heavy atom. The maximum Gasteiger partial charge on any atom is 0.419 e. The molecular formula is C8H7F3O3S. The number of carbonyl (C=O) groups excluding carboxylic acids is 1. The number of aliphatic hydroxyl groups excluding tert-OH is 1. The van der Waals surface area contributed by atoms with E-state index in [1.807, 2.05) is 0 Å². The molecule has 0 radical (unpaired) electrons. The second kappa shape index (κ2) is 4.19. The third-order valence-electron chi connectivity index (χ3n) is 1.59. The Labute approximate surface area is 87.1 Å². The number of carbonyl (C=O) groups is 1. The molecule has 0 aliphatic heterocycles. The number of alkyl halides is 3. The molecule has 0 fully saturated rings. The van der Waals surface area contributed by atoms with Crippen LogP contribution in [0.4, 0.5) is 13.2 Å². The number of hydrogen-bond acceptors (Lipinski definition) is 4. The maximum absolute atomic E-state index is 12.1. The van der Waals surface area contributed by atoms with Crippen LogP contribution < -0.4 is 0 Å². The monoisotopic (exact) mass is 240 g/mol. The summed E-state index contributed by atoms with van der Waals surface area (Å²) in [5.41, 5.74) is 0. The molecule has 0 bridgehead atoms. The van der Waals surface area contributed by atoms with Crippen LogP contribution in [0.5, 0.6) is 0 Å². The average Bonchev–Trinajstić information content (AvgIpc) is 2.62. The van der Waals surface area contributed by atoms with Gasteiger partial charge < -0.3 is 9.84 Å². The second-order valence-electron chi connectivity index (χ2n) is 2.64. The first-order valence-electron chi connectivity index (χ1n) is 3.79. The molecule has 15 heavy (non-hydrogen) atoms. The van der Waals surface area contributed by atoms with Gasteiger partial charge in [0, 0.05) is 4.88 Å². The van der Waals surface area contributed by atoms with Crippen molar-refractivity contribution in [2.24, 2.45) is 0 Å². The number of rotatable bonds is 2. The zero-order valence-electron chi connectivity index (χ0n) is 7.54. The van der Waals surface area contributed by atoms with Gasteiger partial charge in [0.05, 0.1) is 7.11 Å². The molecule has 3 nitrogen and oxygen atoms in total. The third-order valence-corrected chi connectivity index (χ3v) is 2.71. The van der Waals surface area contributed by atoms with Crippen LogP contribution in [0.3, 0.4) is 0 Å². The number of hydrogen-bond donors (Lipinski definition) is 1. The molecule has 0 spiro atoms. The Bertz CT molecular complexity index is 358. The standard InChI is InChI=1S/C8H7F3O3S/c1-14-7(13)5-3-2-4(15-5)6(12)8(9,10)11/h2-3,6,12H,1H3/t6-/m0/s1. The second-order valence-corrected chi connectivity index (χ2v) is 3.75. The summed E-state index contributed by atoms with van der Waals surface area (Å²) in [6, 6.07) is 2.23. The predicted octanol–water partition coefficient (Wildman–Crippen LogP) is 2.13. The van der Waals surface area contributed by atoms with E-state index in [-0.39, 0.29) is 9.75 Å². The Balaban J connectivity index is 2.89. The van der Waals surface area contributed by atoms with Crippen LogP contribution in [-0.4, -0.2) is 24.4 Å². The molecule has 0 aliphatic carbocycles. The summed E-state index contributed by atoms with van der Waals surface area (Å²) in [5, 5.41) is 8.86. The molecule has 1 heterocycles. The molecule has 0 saturated heterocycles. The van der Waals surface area contributed by atoms with Gasteiger partial charge in [-0.3, -0.25) is 0 Å². The average molecular weight is 240 g/mol. The van der Waals surface area contributed by atoms with Crippen molar-refractivity contribution in [2.45, 2.75) is 12.3 Å². The molecular weight excluding hydrogens is 233 g/mol. The van der Waals surface area contributed by atoms with E-state index in [9.17, 15) is 18.0 Å². The van der Waals surface area contributed by atoms with Gasteiger partial charge in [-0.2, -0.15) is 13.2 Å². The van der Waals surface area contributed by atoms with Crippen molar-refractivity contribution < 1.29 is 27.8 Å². The van der Waals surface area contributed by atoms with E-state index in [4.69, 9.17) is 5.11 Å². The number of thiophene rings is 1. The van der Waals surface area contributed by atoms with Crippen molar-refractivity contribution in [2.75, 3.05) is 7.11 Å². The summed E-state index contributed by atoms with van der Waals surface area (Å²) >= 11 is 0.556. The van der Waals surface area contributed by atoms with E-state index < -0.39 is 18.2 Å². The fourth-order valence-electron chi connectivity index (χ4n) is 0.871. The van der Waals surface area contributed by atoms with Crippen molar-refractivity contribution >= 4 is 17.3 Å². The van der Waals surface area contributed by atoms with Crippen LogP contribution in [0.1, 0.15) is 20.7 Å². The van der Waals surface area contributed by atoms with Gasteiger partial charge in [0.2, 0.25) is 0 Å². The molecule has 1 aromatic heterocycles. The van der Waals surface area contributed by atoms with Crippen molar-refractivity contribution in [1.82, 2.24) is 0 Å². The number of esters is 1. The van der Waals surface area contributed by atoms with Crippen molar-refractivity contribution in [3.8, 4) is 0 Å². The molecule has 1 atom stereocenters. The Morgan fingerprint density at radius 1 is 1.53 bits per heavy atom. The first-order valence-corrected chi connectivity index (χ1v) is 4.60. The molecule has 0 amide bonds. The van der Waals surface area contributed by atoms with Gasteiger partial charge in [0.15, 0.2) is 6.10 Å². The first kappa shape index (κ1) is 12.0. The quantitative estimate of drug-likeness (QED) is 0.805. The molecule has 1 aromatic rings. The molecule has 0 aliphatic rings. The molecule has 0 unspecified atom stereocenters. The van der Waals surface area contributed by atoms with Gasteiger partial charge in [-0.1, -0.05) is 0 Å². The predicted molar refractivity (Wildman–Crippen MR) is 46.7 cm³/mol. The maximum atomic E-state index is 12.1. The number of aliphatic hydroxyl groups is 1. The lowest BCUT2D eigenvalue weighted by Gasteiger charge is -2.11. The van der Waals surface area contributed by atoms with Crippen LogP contribution in [0.2, 0.25) is 0 Å². The van der Waals surface area contributed by atoms with Gasteiger partial charge >= 0.3 is 12.1 Å². The van der Waals surface area contributed by atoms with E-state index in [0.29, 0.717) is 11.3 Å². The molecule has 7 heteroatoms. The van der Waals surface area contributed by atoms with E-state index in [2.05, 4.69) is 4.74 Å². The molecule has 1 N–H and O–H groups in total. The van der Waals surface area contributed by atoms with Crippen molar-refractivity contribution in [3.05, 3.63) is 21.9 Å². The lowest BCUT2D eigenvalue weighted by molar-refractivity contribution is -0.205. The van der Waals surface area contributed by atoms with Crippen LogP contribution in [0, 0.1) is 0 Å². The highest BCUT2D eigenvalue weighted by molar-refractivity contribution is 7.14.